The van der Waals surface area contributed by atoms with Crippen LogP contribution in [0.4, 0.5) is 0 Å². The van der Waals surface area contributed by atoms with E-state index in [1.807, 2.05) is 4.98 Å². The summed E-state index contributed by atoms with van der Waals surface area (Å²) in [4.78, 5) is 66.7. The van der Waals surface area contributed by atoms with Gasteiger partial charge < -0.3 is 34.5 Å². The SMILES string of the molecule is O=c1[nH]c(=O)c2ncn([C@@H]3O[C@H](COP(=O)(O)OP(=O)(O)OP(=O)(O)O)[C@H](O)C3O)c2[nH]1. The highest BCUT2D eigenvalue weighted by atomic mass is 31.3. The van der Waals surface area contributed by atoms with Gasteiger partial charge in [0.05, 0.1) is 12.9 Å². The molecule has 0 aromatic carbocycles. The fraction of sp³-hybridized carbons (Fsp3) is 0.500. The minimum atomic E-state index is -5.75. The lowest BCUT2D eigenvalue weighted by Crippen LogP contribution is -2.33. The van der Waals surface area contributed by atoms with Gasteiger partial charge in [0.2, 0.25) is 0 Å². The monoisotopic (exact) mass is 524 g/mol. The molecule has 1 saturated heterocycles. The Morgan fingerprint density at radius 1 is 1.03 bits per heavy atom. The minimum Gasteiger partial charge on any atom is -0.387 e. The van der Waals surface area contributed by atoms with E-state index in [4.69, 9.17) is 19.4 Å². The maximum Gasteiger partial charge on any atom is 0.490 e. The number of phosphoric acid groups is 3. The van der Waals surface area contributed by atoms with E-state index in [1.54, 1.807) is 0 Å². The molecule has 180 valence electrons. The lowest BCUT2D eigenvalue weighted by atomic mass is 10.1. The summed E-state index contributed by atoms with van der Waals surface area (Å²) in [5.41, 5.74) is -2.16. The normalized spacial score (nSPS) is 27.9. The molecule has 0 saturated carbocycles. The Labute approximate surface area is 174 Å². The molecule has 32 heavy (non-hydrogen) atoms. The molecule has 3 rings (SSSR count). The largest absolute Gasteiger partial charge is 0.490 e. The Hall–Kier alpha value is -1.56. The van der Waals surface area contributed by atoms with Crippen LogP contribution in [-0.2, 0) is 31.6 Å². The summed E-state index contributed by atoms with van der Waals surface area (Å²) in [7, 11) is -16.8. The summed E-state index contributed by atoms with van der Waals surface area (Å²) in [5.74, 6) is 0. The van der Waals surface area contributed by atoms with Crippen LogP contribution in [0.3, 0.4) is 0 Å². The predicted molar refractivity (Wildman–Crippen MR) is 96.7 cm³/mol. The Bertz CT molecular complexity index is 1260. The number of aromatic nitrogens is 4. The molecule has 1 aliphatic rings. The summed E-state index contributed by atoms with van der Waals surface area (Å²) in [6, 6.07) is 0. The summed E-state index contributed by atoms with van der Waals surface area (Å²) in [6.45, 7) is -1.04. The fourth-order valence-electron chi connectivity index (χ4n) is 2.71. The first kappa shape index (κ1) is 25.1. The predicted octanol–water partition coefficient (Wildman–Crippen LogP) is -2.62. The average molecular weight is 524 g/mol. The van der Waals surface area contributed by atoms with Crippen molar-refractivity contribution in [3.8, 4) is 0 Å². The van der Waals surface area contributed by atoms with E-state index >= 15 is 0 Å². The highest BCUT2D eigenvalue weighted by Crippen LogP contribution is 2.66. The number of H-pyrrole nitrogens is 2. The number of aliphatic hydroxyl groups excluding tert-OH is 2. The molecular weight excluding hydrogens is 509 g/mol. The van der Waals surface area contributed by atoms with E-state index in [9.17, 15) is 38.4 Å². The molecule has 1 fully saturated rings. The van der Waals surface area contributed by atoms with Gasteiger partial charge in [0.1, 0.15) is 24.0 Å². The van der Waals surface area contributed by atoms with Gasteiger partial charge in [0.15, 0.2) is 11.7 Å². The summed E-state index contributed by atoms with van der Waals surface area (Å²) in [6.07, 6.45) is -5.54. The smallest absolute Gasteiger partial charge is 0.387 e. The Morgan fingerprint density at radius 2 is 1.69 bits per heavy atom. The van der Waals surface area contributed by atoms with Crippen LogP contribution in [0.5, 0.6) is 0 Å². The topological polar surface area (TPSA) is 293 Å². The van der Waals surface area contributed by atoms with Gasteiger partial charge in [0.25, 0.3) is 5.56 Å². The maximum absolute atomic E-state index is 11.8. The van der Waals surface area contributed by atoms with E-state index in [0.29, 0.717) is 0 Å². The first-order valence-corrected chi connectivity index (χ1v) is 12.6. The molecule has 0 amide bonds. The lowest BCUT2D eigenvalue weighted by molar-refractivity contribution is -0.0503. The highest BCUT2D eigenvalue weighted by Gasteiger charge is 2.46. The molecule has 3 unspecified atom stereocenters. The van der Waals surface area contributed by atoms with E-state index in [0.717, 1.165) is 10.9 Å². The highest BCUT2D eigenvalue weighted by molar-refractivity contribution is 7.66. The van der Waals surface area contributed by atoms with Crippen molar-refractivity contribution in [1.82, 2.24) is 19.5 Å². The van der Waals surface area contributed by atoms with Crippen molar-refractivity contribution >= 4 is 34.6 Å². The van der Waals surface area contributed by atoms with Gasteiger partial charge in [-0.1, -0.05) is 0 Å². The van der Waals surface area contributed by atoms with Crippen molar-refractivity contribution in [3.63, 3.8) is 0 Å². The van der Waals surface area contributed by atoms with Crippen LogP contribution in [-0.4, -0.2) is 74.2 Å². The zero-order chi connectivity index (χ0) is 24.1. The third kappa shape index (κ3) is 5.67. The zero-order valence-electron chi connectivity index (χ0n) is 15.2. The first-order valence-electron chi connectivity index (χ1n) is 8.08. The number of hydrogen-bond donors (Lipinski definition) is 8. The van der Waals surface area contributed by atoms with Crippen LogP contribution in [0, 0.1) is 0 Å². The van der Waals surface area contributed by atoms with E-state index in [-0.39, 0.29) is 11.2 Å². The molecule has 3 heterocycles. The number of fused-ring (bicyclic) bond motifs is 1. The molecule has 19 nitrogen and oxygen atoms in total. The summed E-state index contributed by atoms with van der Waals surface area (Å²) < 4.78 is 51.4. The van der Waals surface area contributed by atoms with Crippen LogP contribution < -0.4 is 11.2 Å². The second kappa shape index (κ2) is 8.66. The Balaban J connectivity index is 1.73. The first-order chi connectivity index (χ1) is 14.6. The number of nitrogens with zero attached hydrogens (tertiary/aromatic N) is 2. The quantitative estimate of drug-likeness (QED) is 0.164. The molecule has 0 aliphatic carbocycles. The van der Waals surface area contributed by atoms with Crippen molar-refractivity contribution in [2.45, 2.75) is 24.5 Å². The van der Waals surface area contributed by atoms with Gasteiger partial charge in [0, 0.05) is 0 Å². The minimum absolute atomic E-state index is 0.177. The number of nitrogens with one attached hydrogen (secondary N) is 2. The van der Waals surface area contributed by atoms with Crippen molar-refractivity contribution < 1.29 is 61.4 Å². The number of phosphoric ester groups is 1. The van der Waals surface area contributed by atoms with E-state index in [2.05, 4.69) is 23.1 Å². The van der Waals surface area contributed by atoms with Crippen molar-refractivity contribution in [1.29, 1.82) is 0 Å². The molecule has 22 heteroatoms. The summed E-state index contributed by atoms with van der Waals surface area (Å²) in [5, 5.41) is 20.3. The maximum atomic E-state index is 11.8. The van der Waals surface area contributed by atoms with Crippen molar-refractivity contribution in [2.24, 2.45) is 0 Å². The number of imidazole rings is 1. The van der Waals surface area contributed by atoms with Gasteiger partial charge >= 0.3 is 29.2 Å². The van der Waals surface area contributed by atoms with Crippen LogP contribution >= 0.6 is 23.5 Å². The van der Waals surface area contributed by atoms with Crippen molar-refractivity contribution in [2.75, 3.05) is 6.61 Å². The molecular formula is C10H15N4O15P3. The fourth-order valence-corrected chi connectivity index (χ4v) is 5.74. The molecule has 8 N–H and O–H groups in total. The van der Waals surface area contributed by atoms with Crippen molar-refractivity contribution in [3.05, 3.63) is 27.2 Å². The van der Waals surface area contributed by atoms with Gasteiger partial charge in [-0.05, 0) is 0 Å². The third-order valence-corrected chi connectivity index (χ3v) is 7.70. The van der Waals surface area contributed by atoms with E-state index < -0.39 is 65.9 Å². The molecule has 2 aromatic rings. The standard InChI is InChI=1S/C10H15N4O15P3/c15-5-3(1-26-31(22,23)29-32(24,25)28-30(19,20)21)27-9(6(5)16)14-2-11-4-7(14)12-10(18)13-8(4)17/h2-3,5-6,9,15-16H,1H2,(H,22,23)(H,24,25)(H2,19,20,21)(H2,12,13,17,18)/t3-,5+,6?,9-/m1/s1. The van der Waals surface area contributed by atoms with Gasteiger partial charge in [-0.3, -0.25) is 23.9 Å². The molecule has 1 aliphatic heterocycles. The second-order valence-corrected chi connectivity index (χ2v) is 10.6. The molecule has 0 radical (unpaired) electrons. The number of aliphatic hydroxyl groups is 2. The van der Waals surface area contributed by atoms with Crippen LogP contribution in [0.25, 0.3) is 11.2 Å². The number of ether oxygens (including phenoxy) is 1. The van der Waals surface area contributed by atoms with E-state index in [1.165, 1.54) is 0 Å². The van der Waals surface area contributed by atoms with Gasteiger partial charge in [-0.2, -0.15) is 8.62 Å². The Morgan fingerprint density at radius 3 is 2.31 bits per heavy atom. The van der Waals surface area contributed by atoms with Crippen LogP contribution in [0.1, 0.15) is 6.23 Å². The molecule has 2 aromatic heterocycles. The Kier molecular flexibility index (Phi) is 6.78. The third-order valence-electron chi connectivity index (χ3n) is 3.90. The number of aromatic amines is 2. The molecule has 6 atom stereocenters. The van der Waals surface area contributed by atoms with Gasteiger partial charge in [-0.15, -0.1) is 0 Å². The zero-order valence-corrected chi connectivity index (χ0v) is 17.9. The average Bonchev–Trinajstić information content (AvgIpc) is 3.12. The lowest BCUT2D eigenvalue weighted by Gasteiger charge is -2.19. The van der Waals surface area contributed by atoms with Crippen LogP contribution in [0.2, 0.25) is 0 Å². The van der Waals surface area contributed by atoms with Gasteiger partial charge in [-0.25, -0.2) is 23.5 Å². The molecule has 0 spiro atoms. The summed E-state index contributed by atoms with van der Waals surface area (Å²) >= 11 is 0. The van der Waals surface area contributed by atoms with Crippen LogP contribution in [0.15, 0.2) is 15.9 Å². The number of rotatable bonds is 8. The number of hydrogen-bond acceptors (Lipinski definition) is 12. The second-order valence-electron chi connectivity index (χ2n) is 6.19. The molecule has 0 bridgehead atoms.